The van der Waals surface area contributed by atoms with Crippen LogP contribution < -0.4 is 4.74 Å². The molecule has 1 saturated heterocycles. The number of carbonyl (C=O) groups excluding carboxylic acids is 1. The topological polar surface area (TPSA) is 137 Å². The molecule has 0 spiro atoms. The lowest BCUT2D eigenvalue weighted by Crippen LogP contribution is -2.29. The van der Waals surface area contributed by atoms with Gasteiger partial charge in [0, 0.05) is 12.6 Å². The van der Waals surface area contributed by atoms with E-state index >= 15 is 0 Å². The summed E-state index contributed by atoms with van der Waals surface area (Å²) in [6, 6.07) is 10.8. The van der Waals surface area contributed by atoms with Gasteiger partial charge in [-0.25, -0.2) is 9.79 Å². The van der Waals surface area contributed by atoms with Gasteiger partial charge in [0.2, 0.25) is 0 Å². The molecule has 3 rings (SSSR count). The Hall–Kier alpha value is -4.05. The number of carbonyl (C=O) groups is 3. The summed E-state index contributed by atoms with van der Waals surface area (Å²) in [6.07, 6.45) is 3.10. The molecule has 1 heterocycles. The van der Waals surface area contributed by atoms with Crippen LogP contribution in [-0.2, 0) is 9.59 Å². The maximum atomic E-state index is 12.9. The zero-order chi connectivity index (χ0) is 24.0. The largest absolute Gasteiger partial charge is 0.507 e. The van der Waals surface area contributed by atoms with E-state index in [-0.39, 0.29) is 36.7 Å². The number of hydrogen-bond acceptors (Lipinski definition) is 7. The number of aromatic carboxylic acids is 1. The number of aliphatic imine (C=N–C) groups is 1. The maximum absolute atomic E-state index is 12.9. The second-order valence-electron chi connectivity index (χ2n) is 6.78. The summed E-state index contributed by atoms with van der Waals surface area (Å²) in [6.45, 7) is 3.90. The van der Waals surface area contributed by atoms with Crippen LogP contribution in [0.4, 0.5) is 5.69 Å². The first kappa shape index (κ1) is 23.6. The van der Waals surface area contributed by atoms with Gasteiger partial charge in [0.05, 0.1) is 23.6 Å². The Labute approximate surface area is 193 Å². The number of aliphatic carboxylic acids is 1. The van der Waals surface area contributed by atoms with Crippen LogP contribution in [0.5, 0.6) is 11.5 Å². The normalized spacial score (nSPS) is 15.8. The van der Waals surface area contributed by atoms with Gasteiger partial charge in [-0.1, -0.05) is 18.2 Å². The van der Waals surface area contributed by atoms with Gasteiger partial charge in [0.15, 0.2) is 5.17 Å². The first-order chi connectivity index (χ1) is 15.8. The molecule has 1 amide bonds. The van der Waals surface area contributed by atoms with E-state index in [9.17, 15) is 19.5 Å². The van der Waals surface area contributed by atoms with Gasteiger partial charge in [0.1, 0.15) is 17.1 Å². The third-order valence-corrected chi connectivity index (χ3v) is 5.38. The van der Waals surface area contributed by atoms with Gasteiger partial charge in [-0.2, -0.15) is 0 Å². The van der Waals surface area contributed by atoms with E-state index in [1.807, 2.05) is 0 Å². The fraction of sp³-hybridized carbons (Fsp3) is 0.130. The average Bonchev–Trinajstić information content (AvgIpc) is 3.03. The van der Waals surface area contributed by atoms with Gasteiger partial charge in [-0.05, 0) is 47.7 Å². The van der Waals surface area contributed by atoms with Crippen molar-refractivity contribution in [1.29, 1.82) is 0 Å². The maximum Gasteiger partial charge on any atom is 0.339 e. The van der Waals surface area contributed by atoms with Crippen LogP contribution in [0, 0.1) is 0 Å². The second kappa shape index (κ2) is 10.5. The zero-order valence-electron chi connectivity index (χ0n) is 17.3. The number of thioether (sulfide) groups is 1. The highest BCUT2D eigenvalue weighted by Crippen LogP contribution is 2.35. The van der Waals surface area contributed by atoms with Crippen LogP contribution in [0.25, 0.3) is 6.08 Å². The number of nitrogens with zero attached hydrogens (tertiary/aromatic N) is 2. The summed E-state index contributed by atoms with van der Waals surface area (Å²) in [4.78, 5) is 40.9. The summed E-state index contributed by atoms with van der Waals surface area (Å²) < 4.78 is 5.43. The Bertz CT molecular complexity index is 1170. The zero-order valence-corrected chi connectivity index (χ0v) is 18.1. The van der Waals surface area contributed by atoms with E-state index in [4.69, 9.17) is 14.9 Å². The van der Waals surface area contributed by atoms with Crippen molar-refractivity contribution in [3.05, 3.63) is 71.2 Å². The van der Waals surface area contributed by atoms with E-state index in [0.717, 1.165) is 11.8 Å². The Morgan fingerprint density at radius 2 is 1.97 bits per heavy atom. The SMILES string of the molecule is C=CCN1C(=O)/C(=C/c2cccc(OCCC(=O)O)c2)SC1=Nc1ccc(C(=O)O)c(O)c1. The van der Waals surface area contributed by atoms with Crippen LogP contribution in [0.15, 0.2) is 65.0 Å². The third-order valence-electron chi connectivity index (χ3n) is 4.38. The number of amidine groups is 1. The summed E-state index contributed by atoms with van der Waals surface area (Å²) in [5, 5.41) is 28.0. The minimum atomic E-state index is -1.26. The van der Waals surface area contributed by atoms with Crippen LogP contribution >= 0.6 is 11.8 Å². The lowest BCUT2D eigenvalue weighted by atomic mass is 10.2. The molecular weight excluding hydrogens is 448 g/mol. The molecule has 0 atom stereocenters. The van der Waals surface area contributed by atoms with E-state index < -0.39 is 17.7 Å². The Morgan fingerprint density at radius 1 is 1.18 bits per heavy atom. The van der Waals surface area contributed by atoms with Gasteiger partial charge in [-0.3, -0.25) is 14.5 Å². The van der Waals surface area contributed by atoms with Crippen molar-refractivity contribution in [1.82, 2.24) is 4.90 Å². The molecule has 1 aliphatic rings. The lowest BCUT2D eigenvalue weighted by molar-refractivity contribution is -0.137. The van der Waals surface area contributed by atoms with E-state index in [1.54, 1.807) is 36.4 Å². The molecule has 0 aromatic heterocycles. The first-order valence-electron chi connectivity index (χ1n) is 9.70. The molecule has 33 heavy (non-hydrogen) atoms. The number of rotatable bonds is 9. The van der Waals surface area contributed by atoms with Crippen LogP contribution in [0.2, 0.25) is 0 Å². The molecule has 0 bridgehead atoms. The number of carboxylic acids is 2. The minimum Gasteiger partial charge on any atom is -0.507 e. The number of hydrogen-bond donors (Lipinski definition) is 3. The van der Waals surface area contributed by atoms with E-state index in [0.29, 0.717) is 21.4 Å². The van der Waals surface area contributed by atoms with Gasteiger partial charge >= 0.3 is 11.9 Å². The van der Waals surface area contributed by atoms with Crippen molar-refractivity contribution in [2.75, 3.05) is 13.2 Å². The molecule has 0 radical (unpaired) electrons. The number of ether oxygens (including phenoxy) is 1. The standard InChI is InChI=1S/C23H20N2O7S/c1-2-9-25-21(29)19(12-14-4-3-5-16(11-14)32-10-8-20(27)28)33-23(25)24-15-6-7-17(22(30)31)18(26)13-15/h2-7,11-13,26H,1,8-10H2,(H,27,28)(H,30,31)/b19-12-,24-23?. The quantitative estimate of drug-likeness (QED) is 0.374. The molecule has 3 N–H and O–H groups in total. The highest BCUT2D eigenvalue weighted by molar-refractivity contribution is 8.18. The Morgan fingerprint density at radius 3 is 2.64 bits per heavy atom. The fourth-order valence-corrected chi connectivity index (χ4v) is 3.87. The monoisotopic (exact) mass is 468 g/mol. The molecule has 2 aromatic rings. The molecule has 0 aliphatic carbocycles. The van der Waals surface area contributed by atoms with Gasteiger partial charge < -0.3 is 20.1 Å². The first-order valence-corrected chi connectivity index (χ1v) is 10.5. The number of phenols is 1. The molecule has 1 fully saturated rings. The summed E-state index contributed by atoms with van der Waals surface area (Å²) in [5.41, 5.74) is 0.724. The molecule has 1 aliphatic heterocycles. The van der Waals surface area contributed by atoms with Crippen molar-refractivity contribution < 1.29 is 34.4 Å². The van der Waals surface area contributed by atoms with Crippen LogP contribution in [0.1, 0.15) is 22.3 Å². The number of carboxylic acid groups (broad SMARTS) is 2. The van der Waals surface area contributed by atoms with E-state index in [1.165, 1.54) is 23.1 Å². The third kappa shape index (κ3) is 6.01. The fourth-order valence-electron chi connectivity index (χ4n) is 2.86. The highest BCUT2D eigenvalue weighted by Gasteiger charge is 2.32. The summed E-state index contributed by atoms with van der Waals surface area (Å²) in [5.74, 6) is -2.45. The minimum absolute atomic E-state index is 0.0282. The molecule has 10 heteroatoms. The molecule has 0 unspecified atom stereocenters. The molecule has 170 valence electrons. The van der Waals surface area contributed by atoms with Crippen molar-refractivity contribution in [2.45, 2.75) is 6.42 Å². The van der Waals surface area contributed by atoms with Gasteiger partial charge in [0.25, 0.3) is 5.91 Å². The number of aromatic hydroxyl groups is 1. The number of amides is 1. The van der Waals surface area contributed by atoms with Crippen molar-refractivity contribution in [3.63, 3.8) is 0 Å². The number of benzene rings is 2. The second-order valence-corrected chi connectivity index (χ2v) is 7.79. The van der Waals surface area contributed by atoms with Crippen molar-refractivity contribution in [3.8, 4) is 11.5 Å². The smallest absolute Gasteiger partial charge is 0.339 e. The summed E-state index contributed by atoms with van der Waals surface area (Å²) >= 11 is 1.12. The average molecular weight is 468 g/mol. The van der Waals surface area contributed by atoms with Crippen LogP contribution in [-0.4, -0.2) is 56.4 Å². The van der Waals surface area contributed by atoms with Gasteiger partial charge in [-0.15, -0.1) is 6.58 Å². The molecule has 2 aromatic carbocycles. The lowest BCUT2D eigenvalue weighted by Gasteiger charge is -2.12. The molecule has 0 saturated carbocycles. The van der Waals surface area contributed by atoms with E-state index in [2.05, 4.69) is 11.6 Å². The highest BCUT2D eigenvalue weighted by atomic mass is 32.2. The van der Waals surface area contributed by atoms with Crippen molar-refractivity contribution in [2.24, 2.45) is 4.99 Å². The van der Waals surface area contributed by atoms with Crippen molar-refractivity contribution >= 4 is 46.5 Å². The molecule has 9 nitrogen and oxygen atoms in total. The Balaban J connectivity index is 1.86. The predicted octanol–water partition coefficient (Wildman–Crippen LogP) is 3.73. The predicted molar refractivity (Wildman–Crippen MR) is 124 cm³/mol. The summed E-state index contributed by atoms with van der Waals surface area (Å²) in [7, 11) is 0. The molecular formula is C23H20N2O7S. The Kier molecular flexibility index (Phi) is 7.52. The van der Waals surface area contributed by atoms with Crippen LogP contribution in [0.3, 0.4) is 0 Å².